The molecule has 0 saturated heterocycles. The van der Waals surface area contributed by atoms with Gasteiger partial charge in [0.15, 0.2) is 7.37 Å². The fraction of sp³-hybridized carbons (Fsp3) is 0.680. The molecule has 0 amide bonds. The van der Waals surface area contributed by atoms with Crippen LogP contribution >= 0.6 is 7.37 Å². The molecule has 1 saturated carbocycles. The van der Waals surface area contributed by atoms with Gasteiger partial charge < -0.3 is 15.1 Å². The molecule has 2 aliphatic rings. The first kappa shape index (κ1) is 24.6. The summed E-state index contributed by atoms with van der Waals surface area (Å²) >= 11 is 0. The Labute approximate surface area is 186 Å². The summed E-state index contributed by atoms with van der Waals surface area (Å²) in [5.74, 6) is -0.152. The van der Waals surface area contributed by atoms with Crippen LogP contribution in [-0.4, -0.2) is 45.8 Å². The van der Waals surface area contributed by atoms with E-state index in [9.17, 15) is 24.1 Å². The lowest BCUT2D eigenvalue weighted by Gasteiger charge is -2.24. The van der Waals surface area contributed by atoms with Crippen molar-refractivity contribution in [3.8, 4) is 0 Å². The van der Waals surface area contributed by atoms with Crippen molar-refractivity contribution in [1.82, 2.24) is 0 Å². The molecule has 2 aliphatic carbocycles. The first-order valence-corrected chi connectivity index (χ1v) is 13.9. The van der Waals surface area contributed by atoms with Gasteiger partial charge in [0, 0.05) is 18.7 Å². The SMILES string of the molecule is CCP(=O)(O)CCCC=CC[C@@H]1[C@@H](CC[C@H](O)C2Cc3ccccc3C2)[C@@H](F)C[C@@H]1O. The summed E-state index contributed by atoms with van der Waals surface area (Å²) < 4.78 is 26.3. The van der Waals surface area contributed by atoms with Crippen LogP contribution in [-0.2, 0) is 17.4 Å². The Balaban J connectivity index is 1.45. The second-order valence-electron chi connectivity index (χ2n) is 9.46. The number of fused-ring (bicyclic) bond motifs is 1. The van der Waals surface area contributed by atoms with E-state index in [1.54, 1.807) is 6.92 Å². The minimum Gasteiger partial charge on any atom is -0.393 e. The van der Waals surface area contributed by atoms with Crippen molar-refractivity contribution in [1.29, 1.82) is 0 Å². The fourth-order valence-electron chi connectivity index (χ4n) is 5.31. The molecule has 0 spiro atoms. The molecule has 0 radical (unpaired) electrons. The number of unbranched alkanes of at least 4 members (excludes halogenated alkanes) is 1. The van der Waals surface area contributed by atoms with Crippen LogP contribution < -0.4 is 0 Å². The number of rotatable bonds is 11. The predicted octanol–water partition coefficient (Wildman–Crippen LogP) is 4.89. The maximum Gasteiger partial charge on any atom is 0.200 e. The predicted molar refractivity (Wildman–Crippen MR) is 123 cm³/mol. The minimum atomic E-state index is -2.96. The molecule has 6 heteroatoms. The van der Waals surface area contributed by atoms with E-state index < -0.39 is 25.7 Å². The zero-order chi connectivity index (χ0) is 22.4. The summed E-state index contributed by atoms with van der Waals surface area (Å²) in [7, 11) is -2.96. The molecular weight excluding hydrogens is 414 g/mol. The Kier molecular flexibility index (Phi) is 8.92. The van der Waals surface area contributed by atoms with E-state index in [4.69, 9.17) is 0 Å². The van der Waals surface area contributed by atoms with E-state index in [1.165, 1.54) is 11.1 Å². The Morgan fingerprint density at radius 2 is 1.87 bits per heavy atom. The van der Waals surface area contributed by atoms with E-state index >= 15 is 0 Å². The summed E-state index contributed by atoms with van der Waals surface area (Å²) in [6, 6.07) is 8.31. The van der Waals surface area contributed by atoms with Gasteiger partial charge in [-0.15, -0.1) is 0 Å². The Bertz CT molecular complexity index is 758. The summed E-state index contributed by atoms with van der Waals surface area (Å²) in [5.41, 5.74) is 2.62. The van der Waals surface area contributed by atoms with Crippen LogP contribution in [0.4, 0.5) is 4.39 Å². The normalized spacial score (nSPS) is 29.3. The summed E-state index contributed by atoms with van der Waals surface area (Å²) in [5, 5.41) is 21.1. The highest BCUT2D eigenvalue weighted by Crippen LogP contribution is 2.42. The molecule has 3 rings (SSSR count). The van der Waals surface area contributed by atoms with Gasteiger partial charge in [-0.2, -0.15) is 0 Å². The van der Waals surface area contributed by atoms with Gasteiger partial charge >= 0.3 is 0 Å². The van der Waals surface area contributed by atoms with Gasteiger partial charge in [-0.05, 0) is 73.8 Å². The molecule has 0 heterocycles. The lowest BCUT2D eigenvalue weighted by Crippen LogP contribution is -2.25. The summed E-state index contributed by atoms with van der Waals surface area (Å²) in [6.07, 6.45) is 7.60. The fourth-order valence-corrected chi connectivity index (χ4v) is 6.30. The van der Waals surface area contributed by atoms with Crippen molar-refractivity contribution in [2.75, 3.05) is 12.3 Å². The lowest BCUT2D eigenvalue weighted by atomic mass is 9.84. The standard InChI is InChI=1S/C25H38FO4P/c1-2-31(29,30)14-8-4-3-5-11-22-21(23(26)17-25(22)28)12-13-24(27)20-15-18-9-6-7-10-19(18)16-20/h3,5-7,9-10,20-25,27-28H,2,4,8,11-17H2,1H3,(H,29,30)/t21-,22-,23+,24+,25+/m1/s1. The average Bonchev–Trinajstić information content (AvgIpc) is 3.29. The van der Waals surface area contributed by atoms with Crippen LogP contribution in [0.2, 0.25) is 0 Å². The van der Waals surface area contributed by atoms with E-state index in [0.717, 1.165) is 19.3 Å². The molecule has 1 aromatic rings. The highest BCUT2D eigenvalue weighted by molar-refractivity contribution is 7.57. The van der Waals surface area contributed by atoms with Crippen LogP contribution in [0.25, 0.3) is 0 Å². The third kappa shape index (κ3) is 6.74. The zero-order valence-electron chi connectivity index (χ0n) is 18.6. The van der Waals surface area contributed by atoms with E-state index in [-0.39, 0.29) is 24.2 Å². The Morgan fingerprint density at radius 3 is 2.52 bits per heavy atom. The molecule has 0 bridgehead atoms. The van der Waals surface area contributed by atoms with Gasteiger partial charge in [-0.1, -0.05) is 43.3 Å². The molecular formula is C25H38FO4P. The molecule has 174 valence electrons. The molecule has 1 aromatic carbocycles. The summed E-state index contributed by atoms with van der Waals surface area (Å²) in [4.78, 5) is 9.62. The van der Waals surface area contributed by atoms with Crippen molar-refractivity contribution >= 4 is 7.37 Å². The molecule has 31 heavy (non-hydrogen) atoms. The quantitative estimate of drug-likeness (QED) is 0.254. The average molecular weight is 453 g/mol. The van der Waals surface area contributed by atoms with Crippen LogP contribution in [0.3, 0.4) is 0 Å². The third-order valence-corrected chi connectivity index (χ3v) is 9.35. The smallest absolute Gasteiger partial charge is 0.200 e. The topological polar surface area (TPSA) is 77.8 Å². The highest BCUT2D eigenvalue weighted by atomic mass is 31.2. The maximum atomic E-state index is 14.6. The first-order valence-electron chi connectivity index (χ1n) is 11.8. The summed E-state index contributed by atoms with van der Waals surface area (Å²) in [6.45, 7) is 1.73. The molecule has 6 atom stereocenters. The van der Waals surface area contributed by atoms with E-state index in [2.05, 4.69) is 12.1 Å². The molecule has 4 nitrogen and oxygen atoms in total. The highest BCUT2D eigenvalue weighted by Gasteiger charge is 2.42. The molecule has 1 unspecified atom stereocenters. The number of halogens is 1. The van der Waals surface area contributed by atoms with Crippen LogP contribution in [0.15, 0.2) is 36.4 Å². The molecule has 0 aliphatic heterocycles. The second-order valence-corrected chi connectivity index (χ2v) is 12.2. The number of aliphatic hydroxyl groups is 2. The number of hydrogen-bond donors (Lipinski definition) is 3. The van der Waals surface area contributed by atoms with Gasteiger partial charge in [0.2, 0.25) is 0 Å². The van der Waals surface area contributed by atoms with Gasteiger partial charge in [0.05, 0.1) is 12.2 Å². The van der Waals surface area contributed by atoms with Crippen LogP contribution in [0.5, 0.6) is 0 Å². The minimum absolute atomic E-state index is 0.126. The van der Waals surface area contributed by atoms with Crippen molar-refractivity contribution < 1.29 is 24.1 Å². The van der Waals surface area contributed by atoms with Crippen molar-refractivity contribution in [3.05, 3.63) is 47.5 Å². The number of benzene rings is 1. The van der Waals surface area contributed by atoms with Crippen molar-refractivity contribution in [3.63, 3.8) is 0 Å². The number of allylic oxidation sites excluding steroid dienone is 2. The number of aliphatic hydroxyl groups excluding tert-OH is 2. The maximum absolute atomic E-state index is 14.6. The van der Waals surface area contributed by atoms with Crippen molar-refractivity contribution in [2.24, 2.45) is 17.8 Å². The Morgan fingerprint density at radius 1 is 1.19 bits per heavy atom. The van der Waals surface area contributed by atoms with E-state index in [0.29, 0.717) is 38.0 Å². The zero-order valence-corrected chi connectivity index (χ0v) is 19.5. The van der Waals surface area contributed by atoms with Gasteiger partial charge in [-0.3, -0.25) is 4.57 Å². The monoisotopic (exact) mass is 452 g/mol. The number of alkyl halides is 1. The molecule has 0 aromatic heterocycles. The van der Waals surface area contributed by atoms with Crippen LogP contribution in [0, 0.1) is 17.8 Å². The largest absolute Gasteiger partial charge is 0.393 e. The van der Waals surface area contributed by atoms with E-state index in [1.807, 2.05) is 24.3 Å². The van der Waals surface area contributed by atoms with Gasteiger partial charge in [-0.25, -0.2) is 4.39 Å². The van der Waals surface area contributed by atoms with Crippen molar-refractivity contribution in [2.45, 2.75) is 76.7 Å². The molecule has 3 N–H and O–H groups in total. The van der Waals surface area contributed by atoms with Gasteiger partial charge in [0.25, 0.3) is 0 Å². The van der Waals surface area contributed by atoms with Crippen LogP contribution in [0.1, 0.15) is 56.6 Å². The first-order chi connectivity index (χ1) is 14.8. The van der Waals surface area contributed by atoms with Gasteiger partial charge in [0.1, 0.15) is 6.17 Å². The Hall–Kier alpha value is -1.00. The number of hydrogen-bond acceptors (Lipinski definition) is 3. The lowest BCUT2D eigenvalue weighted by molar-refractivity contribution is 0.0786. The third-order valence-electron chi connectivity index (χ3n) is 7.35. The second kappa shape index (κ2) is 11.2. The molecule has 1 fully saturated rings.